The highest BCUT2D eigenvalue weighted by atomic mass is 35.5. The third-order valence-electron chi connectivity index (χ3n) is 5.59. The number of hydrogen-bond acceptors (Lipinski definition) is 6. The minimum Gasteiger partial charge on any atom is -0.340 e. The van der Waals surface area contributed by atoms with Crippen LogP contribution in [-0.2, 0) is 6.54 Å². The quantitative estimate of drug-likeness (QED) is 0.815. The van der Waals surface area contributed by atoms with E-state index in [1.54, 1.807) is 0 Å². The largest absolute Gasteiger partial charge is 0.340 e. The van der Waals surface area contributed by atoms with Crippen molar-refractivity contribution in [1.82, 2.24) is 15.3 Å². The molecule has 134 valence electrons. The van der Waals surface area contributed by atoms with Crippen molar-refractivity contribution >= 4 is 35.3 Å². The third kappa shape index (κ3) is 2.64. The highest BCUT2D eigenvalue weighted by Crippen LogP contribution is 2.34. The topological polar surface area (TPSA) is 65.4 Å². The van der Waals surface area contributed by atoms with Crippen LogP contribution in [-0.4, -0.2) is 41.4 Å². The summed E-state index contributed by atoms with van der Waals surface area (Å²) in [5.41, 5.74) is 4.27. The van der Waals surface area contributed by atoms with Gasteiger partial charge in [0.05, 0.1) is 6.54 Å². The summed E-state index contributed by atoms with van der Waals surface area (Å²) in [4.78, 5) is 16.1. The Bertz CT molecular complexity index is 880. The molecule has 7 heteroatoms. The smallest absolute Gasteiger partial charge is 0.229 e. The van der Waals surface area contributed by atoms with E-state index in [0.717, 1.165) is 48.2 Å². The average Bonchev–Trinajstić information content (AvgIpc) is 3.20. The van der Waals surface area contributed by atoms with Gasteiger partial charge in [-0.3, -0.25) is 4.99 Å². The van der Waals surface area contributed by atoms with Crippen LogP contribution in [0.3, 0.4) is 0 Å². The molecule has 2 bridgehead atoms. The van der Waals surface area contributed by atoms with Crippen LogP contribution in [0, 0.1) is 6.92 Å². The number of rotatable bonds is 3. The van der Waals surface area contributed by atoms with Crippen molar-refractivity contribution in [2.24, 2.45) is 4.99 Å². The van der Waals surface area contributed by atoms with Gasteiger partial charge in [-0.2, -0.15) is 4.98 Å². The minimum atomic E-state index is 0.455. The van der Waals surface area contributed by atoms with E-state index in [-0.39, 0.29) is 0 Å². The second-order valence-electron chi connectivity index (χ2n) is 7.25. The van der Waals surface area contributed by atoms with E-state index in [9.17, 15) is 0 Å². The first-order chi connectivity index (χ1) is 12.7. The lowest BCUT2D eigenvalue weighted by Gasteiger charge is -2.35. The Morgan fingerprint density at radius 2 is 2.00 bits per heavy atom. The fourth-order valence-corrected chi connectivity index (χ4v) is 4.30. The first-order valence-electron chi connectivity index (χ1n) is 9.12. The van der Waals surface area contributed by atoms with Crippen molar-refractivity contribution in [3.63, 3.8) is 0 Å². The molecule has 0 aliphatic carbocycles. The molecule has 0 amide bonds. The summed E-state index contributed by atoms with van der Waals surface area (Å²) in [5, 5.41) is 7.44. The molecule has 2 atom stereocenters. The molecule has 6 nitrogen and oxygen atoms in total. The number of fused-ring (bicyclic) bond motifs is 3. The molecule has 2 unspecified atom stereocenters. The monoisotopic (exact) mass is 368 g/mol. The third-order valence-corrected chi connectivity index (χ3v) is 5.95. The molecule has 26 heavy (non-hydrogen) atoms. The van der Waals surface area contributed by atoms with Gasteiger partial charge in [0.2, 0.25) is 5.95 Å². The molecule has 2 N–H and O–H groups in total. The van der Waals surface area contributed by atoms with Gasteiger partial charge in [0, 0.05) is 42.6 Å². The van der Waals surface area contributed by atoms with Crippen molar-refractivity contribution in [2.45, 2.75) is 38.4 Å². The van der Waals surface area contributed by atoms with Crippen LogP contribution >= 0.6 is 11.6 Å². The van der Waals surface area contributed by atoms with Crippen LogP contribution in [0.2, 0.25) is 5.15 Å². The zero-order valence-electron chi connectivity index (χ0n) is 14.7. The van der Waals surface area contributed by atoms with Crippen LogP contribution in [0.1, 0.15) is 29.5 Å². The van der Waals surface area contributed by atoms with Gasteiger partial charge in [-0.25, -0.2) is 4.98 Å². The Labute approximate surface area is 157 Å². The highest BCUT2D eigenvalue weighted by molar-refractivity contribution is 6.30. The standard InChI is InChI=1S/C19H21ClN6/c1-11-17(20)24-19(26-15-4-5-16(26)10-22-9-15)25-18(11)23-14-3-2-12-7-21-8-13(12)6-14/h2-3,6,8,15-16,22H,4-5,7,9-10H2,1H3,(H,23,24,25). The van der Waals surface area contributed by atoms with Gasteiger partial charge in [0.25, 0.3) is 0 Å². The van der Waals surface area contributed by atoms with Crippen molar-refractivity contribution in [2.75, 3.05) is 23.3 Å². The zero-order valence-corrected chi connectivity index (χ0v) is 15.4. The summed E-state index contributed by atoms with van der Waals surface area (Å²) in [6, 6.07) is 7.19. The zero-order chi connectivity index (χ0) is 17.7. The van der Waals surface area contributed by atoms with Crippen LogP contribution < -0.4 is 15.5 Å². The van der Waals surface area contributed by atoms with E-state index in [4.69, 9.17) is 16.6 Å². The molecule has 2 saturated heterocycles. The number of piperazine rings is 1. The van der Waals surface area contributed by atoms with Gasteiger partial charge >= 0.3 is 0 Å². The van der Waals surface area contributed by atoms with Crippen molar-refractivity contribution in [3.8, 4) is 0 Å². The summed E-state index contributed by atoms with van der Waals surface area (Å²) in [7, 11) is 0. The van der Waals surface area contributed by atoms with Gasteiger partial charge in [0.15, 0.2) is 0 Å². The lowest BCUT2D eigenvalue weighted by Crippen LogP contribution is -2.52. The molecule has 2 aromatic rings. The number of nitrogens with zero attached hydrogens (tertiary/aromatic N) is 4. The van der Waals surface area contributed by atoms with E-state index < -0.39 is 0 Å². The SMILES string of the molecule is Cc1c(Cl)nc(N2C3CCC2CNC3)nc1Nc1ccc2c(c1)C=NC2. The van der Waals surface area contributed by atoms with Crippen molar-refractivity contribution < 1.29 is 0 Å². The number of benzene rings is 1. The Morgan fingerprint density at radius 3 is 2.81 bits per heavy atom. The first-order valence-corrected chi connectivity index (χ1v) is 9.50. The van der Waals surface area contributed by atoms with Gasteiger partial charge < -0.3 is 15.5 Å². The van der Waals surface area contributed by atoms with Gasteiger partial charge in [-0.05, 0) is 43.0 Å². The van der Waals surface area contributed by atoms with Gasteiger partial charge in [-0.1, -0.05) is 17.7 Å². The second-order valence-corrected chi connectivity index (χ2v) is 7.60. The molecule has 4 heterocycles. The molecule has 2 fully saturated rings. The molecule has 5 rings (SSSR count). The lowest BCUT2D eigenvalue weighted by molar-refractivity contribution is 0.477. The average molecular weight is 369 g/mol. The van der Waals surface area contributed by atoms with Crippen molar-refractivity contribution in [3.05, 3.63) is 40.0 Å². The Hall–Kier alpha value is -2.18. The maximum Gasteiger partial charge on any atom is 0.229 e. The maximum absolute atomic E-state index is 6.46. The Morgan fingerprint density at radius 1 is 1.19 bits per heavy atom. The van der Waals surface area contributed by atoms with Crippen LogP contribution in [0.4, 0.5) is 17.5 Å². The molecule has 0 spiro atoms. The first kappa shape index (κ1) is 16.0. The molecule has 1 aromatic carbocycles. The van der Waals surface area contributed by atoms with Crippen LogP contribution in [0.25, 0.3) is 0 Å². The summed E-state index contributed by atoms with van der Waals surface area (Å²) >= 11 is 6.46. The van der Waals surface area contributed by atoms with E-state index >= 15 is 0 Å². The normalized spacial score (nSPS) is 23.4. The predicted molar refractivity (Wildman–Crippen MR) is 105 cm³/mol. The molecule has 0 radical (unpaired) electrons. The Kier molecular flexibility index (Phi) is 3.83. The molecular formula is C19H21ClN6. The predicted octanol–water partition coefficient (Wildman–Crippen LogP) is 3.06. The van der Waals surface area contributed by atoms with E-state index in [0.29, 0.717) is 17.2 Å². The minimum absolute atomic E-state index is 0.455. The second kappa shape index (κ2) is 6.21. The van der Waals surface area contributed by atoms with Crippen LogP contribution in [0.15, 0.2) is 23.2 Å². The number of nitrogens with one attached hydrogen (secondary N) is 2. The number of aromatic nitrogens is 2. The van der Waals surface area contributed by atoms with E-state index in [1.807, 2.05) is 13.1 Å². The number of anilines is 3. The highest BCUT2D eigenvalue weighted by Gasteiger charge is 2.38. The van der Waals surface area contributed by atoms with Crippen molar-refractivity contribution in [1.29, 1.82) is 0 Å². The molecule has 3 aliphatic heterocycles. The summed E-state index contributed by atoms with van der Waals surface area (Å²) in [5.74, 6) is 1.51. The maximum atomic E-state index is 6.46. The summed E-state index contributed by atoms with van der Waals surface area (Å²) in [6.45, 7) is 4.69. The fraction of sp³-hybridized carbons (Fsp3) is 0.421. The molecular weight excluding hydrogens is 348 g/mol. The summed E-state index contributed by atoms with van der Waals surface area (Å²) in [6.07, 6.45) is 4.28. The fourth-order valence-electron chi connectivity index (χ4n) is 4.14. The number of halogens is 1. The molecule has 3 aliphatic rings. The summed E-state index contributed by atoms with van der Waals surface area (Å²) < 4.78 is 0. The number of aliphatic imine (C=N–C) groups is 1. The number of hydrogen-bond donors (Lipinski definition) is 2. The van der Waals surface area contributed by atoms with Gasteiger partial charge in [-0.15, -0.1) is 0 Å². The van der Waals surface area contributed by atoms with E-state index in [1.165, 1.54) is 18.4 Å². The van der Waals surface area contributed by atoms with Crippen LogP contribution in [0.5, 0.6) is 0 Å². The lowest BCUT2D eigenvalue weighted by atomic mass is 10.1. The van der Waals surface area contributed by atoms with Gasteiger partial charge in [0.1, 0.15) is 11.0 Å². The van der Waals surface area contributed by atoms with E-state index in [2.05, 4.69) is 43.7 Å². The molecule has 0 saturated carbocycles. The Balaban J connectivity index is 1.49. The molecule has 1 aromatic heterocycles.